The molecule has 0 fully saturated rings. The van der Waals surface area contributed by atoms with Crippen LogP contribution in [-0.2, 0) is 23.1 Å². The molecule has 1 aliphatic rings. The van der Waals surface area contributed by atoms with Crippen molar-refractivity contribution in [1.29, 1.82) is 0 Å². The molecule has 2 aromatic rings. The van der Waals surface area contributed by atoms with E-state index in [0.29, 0.717) is 17.3 Å². The van der Waals surface area contributed by atoms with Gasteiger partial charge >= 0.3 is 0 Å². The van der Waals surface area contributed by atoms with Gasteiger partial charge in [0.2, 0.25) is 10.0 Å². The molecule has 1 aromatic heterocycles. The fourth-order valence-corrected chi connectivity index (χ4v) is 3.57. The minimum Gasteiger partial charge on any atom is -0.347 e. The highest BCUT2D eigenvalue weighted by Gasteiger charge is 2.21. The van der Waals surface area contributed by atoms with E-state index < -0.39 is 16.1 Å². The van der Waals surface area contributed by atoms with Crippen molar-refractivity contribution in [2.24, 2.45) is 0 Å². The summed E-state index contributed by atoms with van der Waals surface area (Å²) < 4.78 is 27.4. The standard InChI is InChI=1S/C13H16N4O2S/c1-9(13-15-4-5-16-13)17-20(18,19)12-3-2-10-7-14-8-11(10)6-12/h2-6,9,14,17H,7-8H2,1H3,(H,15,16). The number of hydrogen-bond donors (Lipinski definition) is 3. The Morgan fingerprint density at radius 3 is 2.85 bits per heavy atom. The number of nitrogens with zero attached hydrogens (tertiary/aromatic N) is 1. The highest BCUT2D eigenvalue weighted by Crippen LogP contribution is 2.21. The van der Waals surface area contributed by atoms with E-state index in [0.717, 1.165) is 17.7 Å². The molecular formula is C13H16N4O2S. The molecule has 1 aromatic carbocycles. The van der Waals surface area contributed by atoms with Crippen molar-refractivity contribution in [2.45, 2.75) is 31.0 Å². The van der Waals surface area contributed by atoms with Crippen LogP contribution in [0.3, 0.4) is 0 Å². The third-order valence-electron chi connectivity index (χ3n) is 3.38. The third kappa shape index (κ3) is 2.47. The number of hydrogen-bond acceptors (Lipinski definition) is 4. The number of benzene rings is 1. The van der Waals surface area contributed by atoms with Crippen LogP contribution in [0.15, 0.2) is 35.5 Å². The summed E-state index contributed by atoms with van der Waals surface area (Å²) in [7, 11) is -3.54. The predicted octanol–water partition coefficient (Wildman–Crippen LogP) is 1.05. The molecule has 3 rings (SSSR count). The van der Waals surface area contributed by atoms with Gasteiger partial charge in [0.25, 0.3) is 0 Å². The van der Waals surface area contributed by atoms with Gasteiger partial charge in [-0.15, -0.1) is 0 Å². The highest BCUT2D eigenvalue weighted by atomic mass is 32.2. The first-order chi connectivity index (χ1) is 9.56. The van der Waals surface area contributed by atoms with Gasteiger partial charge in [-0.25, -0.2) is 18.1 Å². The maximum Gasteiger partial charge on any atom is 0.241 e. The zero-order valence-electron chi connectivity index (χ0n) is 11.1. The maximum absolute atomic E-state index is 12.4. The molecule has 7 heteroatoms. The number of rotatable bonds is 4. The zero-order valence-corrected chi connectivity index (χ0v) is 11.9. The van der Waals surface area contributed by atoms with E-state index in [1.807, 2.05) is 6.07 Å². The van der Waals surface area contributed by atoms with E-state index in [2.05, 4.69) is 20.0 Å². The van der Waals surface area contributed by atoms with Gasteiger partial charge in [-0.05, 0) is 30.2 Å². The van der Waals surface area contributed by atoms with Crippen LogP contribution < -0.4 is 10.0 Å². The molecule has 20 heavy (non-hydrogen) atoms. The fourth-order valence-electron chi connectivity index (χ4n) is 2.31. The van der Waals surface area contributed by atoms with E-state index in [1.165, 1.54) is 0 Å². The molecule has 2 heterocycles. The van der Waals surface area contributed by atoms with Crippen LogP contribution in [0.1, 0.15) is 29.9 Å². The lowest BCUT2D eigenvalue weighted by Gasteiger charge is -2.12. The molecule has 0 saturated heterocycles. The Bertz CT molecular complexity index is 710. The Labute approximate surface area is 117 Å². The summed E-state index contributed by atoms with van der Waals surface area (Å²) in [6, 6.07) is 4.83. The van der Waals surface area contributed by atoms with Crippen LogP contribution in [0, 0.1) is 0 Å². The summed E-state index contributed by atoms with van der Waals surface area (Å²) in [5.41, 5.74) is 2.20. The number of sulfonamides is 1. The average molecular weight is 292 g/mol. The van der Waals surface area contributed by atoms with Crippen LogP contribution >= 0.6 is 0 Å². The van der Waals surface area contributed by atoms with Crippen LogP contribution in [0.2, 0.25) is 0 Å². The molecule has 106 valence electrons. The molecule has 0 aliphatic carbocycles. The SMILES string of the molecule is CC(NS(=O)(=O)c1ccc2c(c1)CNC2)c1ncc[nH]1. The van der Waals surface area contributed by atoms with Gasteiger partial charge in [-0.2, -0.15) is 0 Å². The van der Waals surface area contributed by atoms with Gasteiger partial charge in [0.05, 0.1) is 10.9 Å². The Hall–Kier alpha value is -1.70. The van der Waals surface area contributed by atoms with E-state index in [9.17, 15) is 8.42 Å². The van der Waals surface area contributed by atoms with Crippen LogP contribution in [0.5, 0.6) is 0 Å². The van der Waals surface area contributed by atoms with Crippen molar-refractivity contribution in [3.05, 3.63) is 47.5 Å². The molecule has 0 saturated carbocycles. The maximum atomic E-state index is 12.4. The normalized spacial score (nSPS) is 16.1. The third-order valence-corrected chi connectivity index (χ3v) is 4.92. The predicted molar refractivity (Wildman–Crippen MR) is 74.3 cm³/mol. The highest BCUT2D eigenvalue weighted by molar-refractivity contribution is 7.89. The second kappa shape index (κ2) is 5.01. The van der Waals surface area contributed by atoms with Gasteiger partial charge in [0, 0.05) is 25.5 Å². The Morgan fingerprint density at radius 2 is 2.10 bits per heavy atom. The smallest absolute Gasteiger partial charge is 0.241 e. The topological polar surface area (TPSA) is 86.9 Å². The first-order valence-electron chi connectivity index (χ1n) is 6.40. The molecule has 0 radical (unpaired) electrons. The summed E-state index contributed by atoms with van der Waals surface area (Å²) in [6.07, 6.45) is 3.27. The zero-order chi connectivity index (χ0) is 14.2. The van der Waals surface area contributed by atoms with Crippen LogP contribution in [0.4, 0.5) is 0 Å². The van der Waals surface area contributed by atoms with Gasteiger partial charge in [0.1, 0.15) is 5.82 Å². The van der Waals surface area contributed by atoms with Crippen molar-refractivity contribution in [3.8, 4) is 0 Å². The number of aromatic nitrogens is 2. The molecule has 0 bridgehead atoms. The van der Waals surface area contributed by atoms with Crippen LogP contribution in [0.25, 0.3) is 0 Å². The fraction of sp³-hybridized carbons (Fsp3) is 0.308. The minimum absolute atomic E-state index is 0.290. The number of imidazole rings is 1. The Kier molecular flexibility index (Phi) is 3.33. The second-order valence-electron chi connectivity index (χ2n) is 4.85. The first-order valence-corrected chi connectivity index (χ1v) is 7.89. The van der Waals surface area contributed by atoms with E-state index in [1.54, 1.807) is 31.5 Å². The molecular weight excluding hydrogens is 276 g/mol. The Morgan fingerprint density at radius 1 is 1.30 bits per heavy atom. The van der Waals surface area contributed by atoms with Crippen molar-refractivity contribution in [2.75, 3.05) is 0 Å². The molecule has 0 spiro atoms. The molecule has 3 N–H and O–H groups in total. The van der Waals surface area contributed by atoms with E-state index in [-0.39, 0.29) is 0 Å². The second-order valence-corrected chi connectivity index (χ2v) is 6.57. The minimum atomic E-state index is -3.54. The van der Waals surface area contributed by atoms with Crippen molar-refractivity contribution >= 4 is 10.0 Å². The molecule has 1 atom stereocenters. The quantitative estimate of drug-likeness (QED) is 0.786. The molecule has 6 nitrogen and oxygen atoms in total. The lowest BCUT2D eigenvalue weighted by atomic mass is 10.1. The molecule has 1 aliphatic heterocycles. The first kappa shape index (κ1) is 13.3. The van der Waals surface area contributed by atoms with E-state index >= 15 is 0 Å². The summed E-state index contributed by atoms with van der Waals surface area (Å²) in [6.45, 7) is 3.27. The summed E-state index contributed by atoms with van der Waals surface area (Å²) >= 11 is 0. The number of nitrogens with one attached hydrogen (secondary N) is 3. The van der Waals surface area contributed by atoms with Crippen molar-refractivity contribution in [3.63, 3.8) is 0 Å². The lowest BCUT2D eigenvalue weighted by molar-refractivity contribution is 0.561. The van der Waals surface area contributed by atoms with E-state index in [4.69, 9.17) is 0 Å². The van der Waals surface area contributed by atoms with Crippen molar-refractivity contribution in [1.82, 2.24) is 20.0 Å². The monoisotopic (exact) mass is 292 g/mol. The molecule has 1 unspecified atom stereocenters. The van der Waals surface area contributed by atoms with Gasteiger partial charge < -0.3 is 10.3 Å². The lowest BCUT2D eigenvalue weighted by Crippen LogP contribution is -2.27. The summed E-state index contributed by atoms with van der Waals surface area (Å²) in [4.78, 5) is 7.25. The number of fused-ring (bicyclic) bond motifs is 1. The molecule has 0 amide bonds. The van der Waals surface area contributed by atoms with Gasteiger partial charge in [-0.1, -0.05) is 6.07 Å². The summed E-state index contributed by atoms with van der Waals surface area (Å²) in [5.74, 6) is 0.594. The van der Waals surface area contributed by atoms with Gasteiger partial charge in [0.15, 0.2) is 0 Å². The average Bonchev–Trinajstić information content (AvgIpc) is 3.08. The largest absolute Gasteiger partial charge is 0.347 e. The van der Waals surface area contributed by atoms with Crippen molar-refractivity contribution < 1.29 is 8.42 Å². The van der Waals surface area contributed by atoms with Crippen LogP contribution in [-0.4, -0.2) is 18.4 Å². The Balaban J connectivity index is 1.85. The van der Waals surface area contributed by atoms with Gasteiger partial charge in [-0.3, -0.25) is 0 Å². The number of aromatic amines is 1. The number of H-pyrrole nitrogens is 1. The summed E-state index contributed by atoms with van der Waals surface area (Å²) in [5, 5.41) is 3.20.